The van der Waals surface area contributed by atoms with Gasteiger partial charge in [-0.3, -0.25) is 9.59 Å². The van der Waals surface area contributed by atoms with Crippen molar-refractivity contribution in [1.82, 2.24) is 0 Å². The van der Waals surface area contributed by atoms with Crippen molar-refractivity contribution in [2.45, 2.75) is 91.4 Å². The van der Waals surface area contributed by atoms with E-state index >= 15 is 9.59 Å². The van der Waals surface area contributed by atoms with Gasteiger partial charge in [-0.2, -0.15) is 0 Å². The summed E-state index contributed by atoms with van der Waals surface area (Å²) in [6.07, 6.45) is 11.7. The Hall–Kier alpha value is -6.25. The Kier molecular flexibility index (Phi) is 14.0. The van der Waals surface area contributed by atoms with Gasteiger partial charge in [-0.15, -0.1) is 0 Å². The number of carbonyl (C=O) groups excluding carboxylic acids is 2. The molecule has 8 nitrogen and oxygen atoms in total. The number of aryl methyl sites for hydroxylation is 3. The molecule has 0 heterocycles. The number of carbonyl (C=O) groups is 2. The fourth-order valence-electron chi connectivity index (χ4n) is 7.63. The number of halogens is 1. The first-order valence-electron chi connectivity index (χ1n) is 21.5. The number of anilines is 4. The minimum atomic E-state index is -0.688. The second-order valence-corrected chi connectivity index (χ2v) is 16.1. The van der Waals surface area contributed by atoms with Crippen LogP contribution in [0, 0.1) is 0 Å². The van der Waals surface area contributed by atoms with Crippen LogP contribution >= 0.6 is 11.6 Å². The lowest BCUT2D eigenvalue weighted by molar-refractivity contribution is 0.0974. The Balaban J connectivity index is 1.33. The van der Waals surface area contributed by atoms with E-state index in [4.69, 9.17) is 21.1 Å². The van der Waals surface area contributed by atoms with Crippen molar-refractivity contribution in [2.75, 3.05) is 10.6 Å². The number of hydrogen-bond donors (Lipinski definition) is 4. The second-order valence-electron chi connectivity index (χ2n) is 15.7. The molecule has 1 aliphatic rings. The topological polar surface area (TPSA) is 117 Å². The Morgan fingerprint density at radius 3 is 1.26 bits per heavy atom. The summed E-state index contributed by atoms with van der Waals surface area (Å²) >= 11 is 6.21. The Morgan fingerprint density at radius 1 is 0.475 bits per heavy atom. The molecule has 0 fully saturated rings. The molecule has 61 heavy (non-hydrogen) atoms. The summed E-state index contributed by atoms with van der Waals surface area (Å²) < 4.78 is 12.6. The summed E-state index contributed by atoms with van der Waals surface area (Å²) in [5.41, 5.74) is 4.40. The van der Waals surface area contributed by atoms with Crippen LogP contribution in [0.25, 0.3) is 0 Å². The third-order valence-electron chi connectivity index (χ3n) is 11.1. The van der Waals surface area contributed by atoms with E-state index in [1.807, 2.05) is 72.8 Å². The average Bonchev–Trinajstić information content (AvgIpc) is 3.27. The van der Waals surface area contributed by atoms with Gasteiger partial charge in [-0.1, -0.05) is 101 Å². The maximum absolute atomic E-state index is 15.1. The van der Waals surface area contributed by atoms with Crippen molar-refractivity contribution in [2.24, 2.45) is 0 Å². The highest BCUT2D eigenvalue weighted by Crippen LogP contribution is 2.51. The first-order chi connectivity index (χ1) is 29.7. The molecule has 0 bridgehead atoms. The van der Waals surface area contributed by atoms with E-state index in [-0.39, 0.29) is 45.1 Å². The average molecular weight is 837 g/mol. The molecule has 0 saturated carbocycles. The zero-order valence-electron chi connectivity index (χ0n) is 35.1. The number of nitrogens with one attached hydrogen (secondary N) is 2. The van der Waals surface area contributed by atoms with Crippen LogP contribution in [0.3, 0.4) is 0 Å². The molecule has 6 aromatic carbocycles. The standard InChI is InChI=1S/C52H53ClN2O6/c1-4-7-10-11-14-35-15-23-37(24-16-35)54-41-31-43(60-39-27-17-33(18-28-39)12-8-5-2)49(56)47-45(41)51(58)48-46(52(47)59)42(55-38-25-21-36(53)22-26-38)32-44(50(48)57)61-40-29-19-34(20-30-40)13-9-6-3/h15-32,54-57H,4-14H2,1-3H3. The predicted octanol–water partition coefficient (Wildman–Crippen LogP) is 14.4. The van der Waals surface area contributed by atoms with Gasteiger partial charge in [0.05, 0.1) is 33.6 Å². The van der Waals surface area contributed by atoms with Gasteiger partial charge in [-0.25, -0.2) is 0 Å². The molecular weight excluding hydrogens is 784 g/mol. The highest BCUT2D eigenvalue weighted by atomic mass is 35.5. The Labute approximate surface area is 363 Å². The number of benzene rings is 6. The van der Waals surface area contributed by atoms with Crippen LogP contribution in [0.2, 0.25) is 5.02 Å². The van der Waals surface area contributed by atoms with Gasteiger partial charge in [0.15, 0.2) is 23.0 Å². The number of fused-ring (bicyclic) bond motifs is 2. The van der Waals surface area contributed by atoms with E-state index in [1.165, 1.54) is 37.0 Å². The van der Waals surface area contributed by atoms with Crippen LogP contribution in [-0.4, -0.2) is 21.8 Å². The molecule has 314 valence electrons. The summed E-state index contributed by atoms with van der Waals surface area (Å²) in [5.74, 6) is -1.52. The molecule has 4 N–H and O–H groups in total. The lowest BCUT2D eigenvalue weighted by Gasteiger charge is -2.27. The first-order valence-corrected chi connectivity index (χ1v) is 21.9. The molecular formula is C52H53ClN2O6. The van der Waals surface area contributed by atoms with E-state index in [2.05, 4.69) is 31.4 Å². The molecule has 0 aromatic heterocycles. The second kappa shape index (κ2) is 19.9. The van der Waals surface area contributed by atoms with Gasteiger partial charge in [0.2, 0.25) is 11.6 Å². The monoisotopic (exact) mass is 836 g/mol. The first kappa shape index (κ1) is 42.9. The molecule has 0 amide bonds. The van der Waals surface area contributed by atoms with Crippen molar-refractivity contribution in [3.63, 3.8) is 0 Å². The van der Waals surface area contributed by atoms with Crippen LogP contribution in [0.1, 0.15) is 121 Å². The zero-order chi connectivity index (χ0) is 42.9. The highest BCUT2D eigenvalue weighted by Gasteiger charge is 2.41. The smallest absolute Gasteiger partial charge is 0.200 e. The molecule has 1 aliphatic carbocycles. The van der Waals surface area contributed by atoms with Gasteiger partial charge in [0.25, 0.3) is 0 Å². The Bertz CT molecular complexity index is 2480. The number of hydrogen-bond acceptors (Lipinski definition) is 8. The molecule has 0 aliphatic heterocycles. The largest absolute Gasteiger partial charge is 0.504 e. The third kappa shape index (κ3) is 10.0. The van der Waals surface area contributed by atoms with Crippen molar-refractivity contribution in [3.05, 3.63) is 153 Å². The van der Waals surface area contributed by atoms with Crippen molar-refractivity contribution in [1.29, 1.82) is 0 Å². The number of phenols is 2. The molecule has 0 radical (unpaired) electrons. The van der Waals surface area contributed by atoms with E-state index in [9.17, 15) is 10.2 Å². The third-order valence-corrected chi connectivity index (χ3v) is 11.3. The lowest BCUT2D eigenvalue weighted by atomic mass is 9.80. The normalized spacial score (nSPS) is 11.9. The SMILES string of the molecule is CCCCCCc1ccc(Nc2cc(Oc3ccc(CCCC)cc3)c(O)c3c2C(=O)c2c(O)c(Oc4ccc(CCCC)cc4)cc(Nc4ccc(Cl)cc4)c2C3=O)cc1. The fraction of sp³-hybridized carbons (Fsp3) is 0.269. The van der Waals surface area contributed by atoms with Crippen molar-refractivity contribution >= 4 is 45.9 Å². The van der Waals surface area contributed by atoms with Crippen molar-refractivity contribution in [3.8, 4) is 34.5 Å². The molecule has 0 saturated heterocycles. The summed E-state index contributed by atoms with van der Waals surface area (Å²) in [5, 5.41) is 31.1. The van der Waals surface area contributed by atoms with Crippen LogP contribution in [-0.2, 0) is 19.3 Å². The summed E-state index contributed by atoms with van der Waals surface area (Å²) in [7, 11) is 0. The molecule has 9 heteroatoms. The predicted molar refractivity (Wildman–Crippen MR) is 246 cm³/mol. The Morgan fingerprint density at radius 2 is 0.852 bits per heavy atom. The minimum absolute atomic E-state index is 0.0153. The van der Waals surface area contributed by atoms with E-state index in [0.29, 0.717) is 27.9 Å². The van der Waals surface area contributed by atoms with E-state index in [1.54, 1.807) is 24.3 Å². The number of rotatable bonds is 19. The van der Waals surface area contributed by atoms with Gasteiger partial charge >= 0.3 is 0 Å². The molecule has 7 rings (SSSR count). The molecule has 6 aromatic rings. The minimum Gasteiger partial charge on any atom is -0.504 e. The number of unbranched alkanes of at least 4 members (excludes halogenated alkanes) is 5. The maximum Gasteiger partial charge on any atom is 0.200 e. The quantitative estimate of drug-likeness (QED) is 0.0470. The van der Waals surface area contributed by atoms with Gasteiger partial charge in [0.1, 0.15) is 11.5 Å². The van der Waals surface area contributed by atoms with Crippen LogP contribution in [0.4, 0.5) is 22.7 Å². The summed E-state index contributed by atoms with van der Waals surface area (Å²) in [6, 6.07) is 33.0. The fourth-order valence-corrected chi connectivity index (χ4v) is 7.76. The van der Waals surface area contributed by atoms with E-state index < -0.39 is 23.1 Å². The lowest BCUT2D eigenvalue weighted by Crippen LogP contribution is -2.24. The summed E-state index contributed by atoms with van der Waals surface area (Å²) in [6.45, 7) is 6.48. The van der Waals surface area contributed by atoms with Crippen LogP contribution < -0.4 is 20.1 Å². The maximum atomic E-state index is 15.1. The molecule has 0 atom stereocenters. The number of phenolic OH excluding ortho intramolecular Hbond substituents is 2. The number of aromatic hydroxyl groups is 2. The number of ketones is 2. The molecule has 0 spiro atoms. The van der Waals surface area contributed by atoms with Gasteiger partial charge < -0.3 is 30.3 Å². The van der Waals surface area contributed by atoms with Crippen LogP contribution in [0.15, 0.2) is 109 Å². The van der Waals surface area contributed by atoms with E-state index in [0.717, 1.165) is 62.5 Å². The van der Waals surface area contributed by atoms with Crippen LogP contribution in [0.5, 0.6) is 34.5 Å². The highest BCUT2D eigenvalue weighted by molar-refractivity contribution is 6.34. The van der Waals surface area contributed by atoms with Gasteiger partial charge in [0, 0.05) is 28.5 Å². The summed E-state index contributed by atoms with van der Waals surface area (Å²) in [4.78, 5) is 30.1. The molecule has 0 unspecified atom stereocenters. The number of ether oxygens (including phenoxy) is 2. The zero-order valence-corrected chi connectivity index (χ0v) is 35.8. The van der Waals surface area contributed by atoms with Crippen molar-refractivity contribution < 1.29 is 29.3 Å². The van der Waals surface area contributed by atoms with Gasteiger partial charge in [-0.05, 0) is 116 Å².